The molecule has 0 fully saturated rings. The van der Waals surface area contributed by atoms with Gasteiger partial charge in [-0.25, -0.2) is 9.97 Å². The summed E-state index contributed by atoms with van der Waals surface area (Å²) in [5, 5.41) is 6.39. The van der Waals surface area contributed by atoms with Crippen molar-refractivity contribution in [3.8, 4) is 0 Å². The molecule has 0 aliphatic carbocycles. The number of aryl methyl sites for hydroxylation is 3. The van der Waals surface area contributed by atoms with Crippen molar-refractivity contribution in [2.75, 3.05) is 11.1 Å². The number of anilines is 1. The van der Waals surface area contributed by atoms with E-state index in [0.29, 0.717) is 27.0 Å². The molecule has 0 radical (unpaired) electrons. The summed E-state index contributed by atoms with van der Waals surface area (Å²) in [4.78, 5) is 35.7. The third-order valence-electron chi connectivity index (χ3n) is 3.76. The number of thioether (sulfide) groups is 1. The molecule has 0 aliphatic rings. The van der Waals surface area contributed by atoms with Crippen LogP contribution in [0.4, 0.5) is 5.13 Å². The molecule has 0 saturated carbocycles. The number of amides is 1. The number of fused-ring (bicyclic) bond motifs is 1. The summed E-state index contributed by atoms with van der Waals surface area (Å²) in [6.45, 7) is 9.86. The molecule has 0 unspecified atom stereocenters. The van der Waals surface area contributed by atoms with Crippen LogP contribution in [0, 0.1) is 20.8 Å². The molecule has 1 N–H and O–H groups in total. The van der Waals surface area contributed by atoms with Crippen LogP contribution in [0.2, 0.25) is 0 Å². The predicted molar refractivity (Wildman–Crippen MR) is 110 cm³/mol. The summed E-state index contributed by atoms with van der Waals surface area (Å²) in [5.74, 6) is -0.0285. The van der Waals surface area contributed by atoms with Crippen molar-refractivity contribution in [1.82, 2.24) is 14.5 Å². The van der Waals surface area contributed by atoms with E-state index in [4.69, 9.17) is 0 Å². The van der Waals surface area contributed by atoms with Gasteiger partial charge in [0.25, 0.3) is 5.56 Å². The fourth-order valence-electron chi connectivity index (χ4n) is 2.41. The molecule has 0 spiro atoms. The third kappa shape index (κ3) is 3.74. The van der Waals surface area contributed by atoms with Crippen LogP contribution in [-0.2, 0) is 11.3 Å². The van der Waals surface area contributed by atoms with Crippen LogP contribution in [0.15, 0.2) is 28.0 Å². The van der Waals surface area contributed by atoms with Crippen molar-refractivity contribution in [3.63, 3.8) is 0 Å². The zero-order chi connectivity index (χ0) is 18.8. The second kappa shape index (κ2) is 7.73. The van der Waals surface area contributed by atoms with Crippen LogP contribution in [0.5, 0.6) is 0 Å². The molecule has 3 heterocycles. The van der Waals surface area contributed by atoms with Crippen molar-refractivity contribution in [3.05, 3.63) is 44.5 Å². The predicted octanol–water partition coefficient (Wildman–Crippen LogP) is 3.76. The van der Waals surface area contributed by atoms with Crippen molar-refractivity contribution in [2.24, 2.45) is 0 Å². The molecule has 136 valence electrons. The highest BCUT2D eigenvalue weighted by Gasteiger charge is 2.17. The maximum Gasteiger partial charge on any atom is 0.263 e. The minimum Gasteiger partial charge on any atom is -0.301 e. The standard InChI is InChI=1S/C17H18N4O2S3/c1-5-6-21-15(23)13-10(3)11(4)26-14(13)20-17(21)25-8-12(22)19-16-18-9(2)7-24-16/h5,7H,1,6,8H2,2-4H3,(H,18,19,22). The van der Waals surface area contributed by atoms with Crippen LogP contribution >= 0.6 is 34.4 Å². The average molecular weight is 407 g/mol. The number of hydrogen-bond donors (Lipinski definition) is 1. The first-order valence-corrected chi connectivity index (χ1v) is 10.5. The van der Waals surface area contributed by atoms with Gasteiger partial charge in [-0.2, -0.15) is 0 Å². The highest BCUT2D eigenvalue weighted by molar-refractivity contribution is 7.99. The number of aromatic nitrogens is 3. The van der Waals surface area contributed by atoms with Gasteiger partial charge in [0.1, 0.15) is 4.83 Å². The number of thiazole rings is 1. The van der Waals surface area contributed by atoms with Gasteiger partial charge in [0.05, 0.1) is 16.8 Å². The number of nitrogens with one attached hydrogen (secondary N) is 1. The first-order valence-electron chi connectivity index (χ1n) is 7.87. The fourth-order valence-corrected chi connectivity index (χ4v) is 4.99. The topological polar surface area (TPSA) is 76.9 Å². The summed E-state index contributed by atoms with van der Waals surface area (Å²) < 4.78 is 1.57. The van der Waals surface area contributed by atoms with Crippen LogP contribution in [0.3, 0.4) is 0 Å². The molecule has 1 amide bonds. The van der Waals surface area contributed by atoms with E-state index in [1.807, 2.05) is 26.2 Å². The molecule has 0 aromatic carbocycles. The first kappa shape index (κ1) is 18.8. The van der Waals surface area contributed by atoms with Crippen LogP contribution < -0.4 is 10.9 Å². The van der Waals surface area contributed by atoms with Gasteiger partial charge in [-0.15, -0.1) is 29.3 Å². The maximum atomic E-state index is 12.9. The average Bonchev–Trinajstić information content (AvgIpc) is 3.12. The molecule has 3 rings (SSSR count). The number of thiophene rings is 1. The summed E-state index contributed by atoms with van der Waals surface area (Å²) in [6.07, 6.45) is 1.66. The zero-order valence-electron chi connectivity index (χ0n) is 14.7. The first-order chi connectivity index (χ1) is 12.4. The molecular formula is C17H18N4O2S3. The minimum atomic E-state index is -0.178. The molecule has 6 nitrogen and oxygen atoms in total. The quantitative estimate of drug-likeness (QED) is 0.383. The number of rotatable bonds is 6. The maximum absolute atomic E-state index is 12.9. The number of allylic oxidation sites excluding steroid dienone is 1. The molecule has 0 atom stereocenters. The van der Waals surface area contributed by atoms with Gasteiger partial charge in [-0.3, -0.25) is 14.2 Å². The lowest BCUT2D eigenvalue weighted by atomic mass is 10.2. The number of nitrogens with zero attached hydrogens (tertiary/aromatic N) is 3. The Kier molecular flexibility index (Phi) is 5.59. The molecule has 26 heavy (non-hydrogen) atoms. The lowest BCUT2D eigenvalue weighted by molar-refractivity contribution is -0.113. The second-order valence-corrected chi connectivity index (χ2v) is 8.70. The smallest absolute Gasteiger partial charge is 0.263 e. The van der Waals surface area contributed by atoms with E-state index in [1.54, 1.807) is 10.6 Å². The normalized spacial score (nSPS) is 11.0. The second-order valence-electron chi connectivity index (χ2n) is 5.69. The van der Waals surface area contributed by atoms with Crippen LogP contribution in [-0.4, -0.2) is 26.2 Å². The Bertz CT molecular complexity index is 1050. The van der Waals surface area contributed by atoms with Crippen molar-refractivity contribution < 1.29 is 4.79 Å². The van der Waals surface area contributed by atoms with Crippen LogP contribution in [0.1, 0.15) is 16.1 Å². The molecule has 3 aromatic heterocycles. The number of carbonyl (C=O) groups is 1. The highest BCUT2D eigenvalue weighted by atomic mass is 32.2. The molecule has 9 heteroatoms. The van der Waals surface area contributed by atoms with E-state index in [0.717, 1.165) is 16.1 Å². The third-order valence-corrected chi connectivity index (χ3v) is 6.72. The largest absolute Gasteiger partial charge is 0.301 e. The Morgan fingerprint density at radius 1 is 1.38 bits per heavy atom. The van der Waals surface area contributed by atoms with Gasteiger partial charge in [-0.1, -0.05) is 17.8 Å². The molecule has 0 saturated heterocycles. The van der Waals surface area contributed by atoms with Gasteiger partial charge in [0.2, 0.25) is 5.91 Å². The van der Waals surface area contributed by atoms with E-state index < -0.39 is 0 Å². The van der Waals surface area contributed by atoms with Gasteiger partial charge in [0.15, 0.2) is 10.3 Å². The Labute approximate surface area is 163 Å². The van der Waals surface area contributed by atoms with E-state index in [1.165, 1.54) is 34.4 Å². The lowest BCUT2D eigenvalue weighted by Crippen LogP contribution is -2.23. The summed E-state index contributed by atoms with van der Waals surface area (Å²) in [6, 6.07) is 0. The van der Waals surface area contributed by atoms with Crippen molar-refractivity contribution in [2.45, 2.75) is 32.5 Å². The Hall–Kier alpha value is -1.97. The van der Waals surface area contributed by atoms with Gasteiger partial charge >= 0.3 is 0 Å². The van der Waals surface area contributed by atoms with Gasteiger partial charge in [-0.05, 0) is 26.3 Å². The Morgan fingerprint density at radius 3 is 2.81 bits per heavy atom. The zero-order valence-corrected chi connectivity index (χ0v) is 17.1. The van der Waals surface area contributed by atoms with Gasteiger partial charge in [0, 0.05) is 16.8 Å². The number of hydrogen-bond acceptors (Lipinski definition) is 7. The SMILES string of the molecule is C=CCn1c(SCC(=O)Nc2nc(C)cs2)nc2sc(C)c(C)c2c1=O. The van der Waals surface area contributed by atoms with Crippen LogP contribution in [0.25, 0.3) is 10.2 Å². The van der Waals surface area contributed by atoms with E-state index in [2.05, 4.69) is 21.9 Å². The summed E-state index contributed by atoms with van der Waals surface area (Å²) >= 11 is 4.13. The van der Waals surface area contributed by atoms with Crippen molar-refractivity contribution >= 4 is 55.7 Å². The van der Waals surface area contributed by atoms with E-state index in [-0.39, 0.29) is 17.2 Å². The molecule has 0 aliphatic heterocycles. The van der Waals surface area contributed by atoms with E-state index >= 15 is 0 Å². The monoisotopic (exact) mass is 406 g/mol. The van der Waals surface area contributed by atoms with Crippen molar-refractivity contribution in [1.29, 1.82) is 0 Å². The number of carbonyl (C=O) groups excluding carboxylic acids is 1. The van der Waals surface area contributed by atoms with E-state index in [9.17, 15) is 9.59 Å². The summed E-state index contributed by atoms with van der Waals surface area (Å²) in [5.41, 5.74) is 1.75. The molecule has 3 aromatic rings. The minimum absolute atomic E-state index is 0.0878. The highest BCUT2D eigenvalue weighted by Crippen LogP contribution is 2.28. The lowest BCUT2D eigenvalue weighted by Gasteiger charge is -2.10. The van der Waals surface area contributed by atoms with Gasteiger partial charge < -0.3 is 5.32 Å². The summed E-state index contributed by atoms with van der Waals surface area (Å²) in [7, 11) is 0. The fraction of sp³-hybridized carbons (Fsp3) is 0.294. The Morgan fingerprint density at radius 2 is 2.15 bits per heavy atom. The molecular weight excluding hydrogens is 388 g/mol. The Balaban J connectivity index is 1.86. The molecule has 0 bridgehead atoms.